The van der Waals surface area contributed by atoms with Crippen LogP contribution in [0.4, 0.5) is 11.4 Å². The normalized spacial score (nSPS) is 11.2. The molecule has 110 valence electrons. The zero-order valence-electron chi connectivity index (χ0n) is 10.8. The number of nitro benzene ring substituents is 1. The van der Waals surface area contributed by atoms with Gasteiger partial charge in [-0.05, 0) is 11.6 Å². The van der Waals surface area contributed by atoms with E-state index in [2.05, 4.69) is 9.71 Å². The third-order valence-electron chi connectivity index (χ3n) is 2.72. The number of nitrogens with one attached hydrogen (secondary N) is 1. The lowest BCUT2D eigenvalue weighted by molar-refractivity contribution is -0.384. The van der Waals surface area contributed by atoms with Crippen LogP contribution in [0.25, 0.3) is 0 Å². The van der Waals surface area contributed by atoms with Crippen molar-refractivity contribution in [2.45, 2.75) is 11.4 Å². The molecular formula is C12H12N4O4S. The summed E-state index contributed by atoms with van der Waals surface area (Å²) in [6.07, 6.45) is 2.55. The van der Waals surface area contributed by atoms with Gasteiger partial charge in [0.25, 0.3) is 5.69 Å². The average molecular weight is 308 g/mol. The second-order valence-electron chi connectivity index (χ2n) is 4.16. The van der Waals surface area contributed by atoms with Crippen LogP contribution >= 0.6 is 0 Å². The number of rotatable bonds is 5. The van der Waals surface area contributed by atoms with E-state index in [-0.39, 0.29) is 22.8 Å². The number of benzene rings is 1. The first kappa shape index (κ1) is 14.9. The van der Waals surface area contributed by atoms with Gasteiger partial charge in [0.2, 0.25) is 10.0 Å². The van der Waals surface area contributed by atoms with Crippen LogP contribution in [0.1, 0.15) is 5.56 Å². The largest absolute Gasteiger partial charge is 0.398 e. The number of aromatic nitrogens is 1. The predicted molar refractivity (Wildman–Crippen MR) is 75.8 cm³/mol. The summed E-state index contributed by atoms with van der Waals surface area (Å²) in [6.45, 7) is -0.00530. The maximum atomic E-state index is 12.1. The fourth-order valence-corrected chi connectivity index (χ4v) is 2.70. The molecule has 8 nitrogen and oxygen atoms in total. The Morgan fingerprint density at radius 1 is 1.24 bits per heavy atom. The molecule has 1 heterocycles. The topological polar surface area (TPSA) is 128 Å². The number of pyridine rings is 1. The van der Waals surface area contributed by atoms with Gasteiger partial charge >= 0.3 is 0 Å². The van der Waals surface area contributed by atoms with Gasteiger partial charge in [-0.25, -0.2) is 13.1 Å². The summed E-state index contributed by atoms with van der Waals surface area (Å²) in [6, 6.07) is 6.96. The lowest BCUT2D eigenvalue weighted by Crippen LogP contribution is -2.24. The summed E-state index contributed by atoms with van der Waals surface area (Å²) in [5.74, 6) is 0. The molecule has 0 fully saturated rings. The Bertz CT molecular complexity index is 759. The van der Waals surface area contributed by atoms with Crippen molar-refractivity contribution < 1.29 is 13.3 Å². The van der Waals surface area contributed by atoms with Crippen LogP contribution in [-0.2, 0) is 16.6 Å². The summed E-state index contributed by atoms with van der Waals surface area (Å²) in [5, 5.41) is 10.5. The lowest BCUT2D eigenvalue weighted by atomic mass is 10.2. The van der Waals surface area contributed by atoms with Crippen LogP contribution in [0.15, 0.2) is 47.6 Å². The monoisotopic (exact) mass is 308 g/mol. The minimum atomic E-state index is -3.79. The standard InChI is InChI=1S/C12H12N4O4S/c13-11-5-6-14-8-12(11)21(19,20)15-7-9-1-3-10(4-2-9)16(17)18/h1-6,8,15H,7H2,(H2,13,14). The zero-order chi connectivity index (χ0) is 15.5. The Hall–Kier alpha value is -2.52. The van der Waals surface area contributed by atoms with Crippen molar-refractivity contribution >= 4 is 21.4 Å². The number of non-ortho nitro benzene ring substituents is 1. The van der Waals surface area contributed by atoms with E-state index in [1.165, 1.54) is 36.5 Å². The van der Waals surface area contributed by atoms with Gasteiger partial charge < -0.3 is 5.73 Å². The van der Waals surface area contributed by atoms with Gasteiger partial charge in [-0.1, -0.05) is 12.1 Å². The van der Waals surface area contributed by atoms with Gasteiger partial charge in [0.15, 0.2) is 0 Å². The summed E-state index contributed by atoms with van der Waals surface area (Å²) in [4.78, 5) is 13.6. The lowest BCUT2D eigenvalue weighted by Gasteiger charge is -2.08. The Labute approximate surface area is 120 Å². The van der Waals surface area contributed by atoms with Crippen molar-refractivity contribution in [3.63, 3.8) is 0 Å². The molecule has 0 aliphatic carbocycles. The van der Waals surface area contributed by atoms with E-state index in [1.807, 2.05) is 0 Å². The molecule has 9 heteroatoms. The molecule has 0 saturated carbocycles. The SMILES string of the molecule is Nc1ccncc1S(=O)(=O)NCc1ccc([N+](=O)[O-])cc1. The highest BCUT2D eigenvalue weighted by atomic mass is 32.2. The van der Waals surface area contributed by atoms with Crippen molar-refractivity contribution in [3.05, 3.63) is 58.4 Å². The summed E-state index contributed by atoms with van der Waals surface area (Å²) in [7, 11) is -3.79. The van der Waals surface area contributed by atoms with Crippen LogP contribution in [-0.4, -0.2) is 18.3 Å². The Morgan fingerprint density at radius 2 is 1.90 bits per heavy atom. The van der Waals surface area contributed by atoms with E-state index in [0.29, 0.717) is 5.56 Å². The number of hydrogen-bond acceptors (Lipinski definition) is 6. The van der Waals surface area contributed by atoms with Crippen LogP contribution in [0.3, 0.4) is 0 Å². The fraction of sp³-hybridized carbons (Fsp3) is 0.0833. The maximum absolute atomic E-state index is 12.1. The van der Waals surface area contributed by atoms with Crippen LogP contribution in [0.2, 0.25) is 0 Å². The molecule has 3 N–H and O–H groups in total. The minimum absolute atomic E-state index is 0.00530. The first-order chi connectivity index (χ1) is 9.90. The third kappa shape index (κ3) is 3.52. The number of nitrogens with two attached hydrogens (primary N) is 1. The fourth-order valence-electron chi connectivity index (χ4n) is 1.61. The molecule has 0 atom stereocenters. The number of hydrogen-bond donors (Lipinski definition) is 2. The first-order valence-electron chi connectivity index (χ1n) is 5.82. The van der Waals surface area contributed by atoms with Crippen molar-refractivity contribution in [1.29, 1.82) is 0 Å². The molecule has 0 unspecified atom stereocenters. The van der Waals surface area contributed by atoms with Gasteiger partial charge in [0.05, 0.1) is 10.6 Å². The molecule has 0 bridgehead atoms. The molecule has 0 aliphatic rings. The van der Waals surface area contributed by atoms with E-state index < -0.39 is 14.9 Å². The number of anilines is 1. The second-order valence-corrected chi connectivity index (χ2v) is 5.90. The summed E-state index contributed by atoms with van der Waals surface area (Å²) in [5.41, 5.74) is 6.23. The highest BCUT2D eigenvalue weighted by Crippen LogP contribution is 2.16. The predicted octanol–water partition coefficient (Wildman–Crippen LogP) is 1.05. The van der Waals surface area contributed by atoms with Gasteiger partial charge in [-0.15, -0.1) is 0 Å². The molecular weight excluding hydrogens is 296 g/mol. The molecule has 2 aromatic rings. The molecule has 0 radical (unpaired) electrons. The molecule has 2 rings (SSSR count). The van der Waals surface area contributed by atoms with Gasteiger partial charge in [-0.2, -0.15) is 0 Å². The van der Waals surface area contributed by atoms with Gasteiger partial charge in [0, 0.05) is 31.1 Å². The van der Waals surface area contributed by atoms with Crippen molar-refractivity contribution in [1.82, 2.24) is 9.71 Å². The summed E-state index contributed by atoms with van der Waals surface area (Å²) < 4.78 is 26.5. The van der Waals surface area contributed by atoms with E-state index in [9.17, 15) is 18.5 Å². The van der Waals surface area contributed by atoms with Gasteiger partial charge in [0.1, 0.15) is 4.90 Å². The summed E-state index contributed by atoms with van der Waals surface area (Å²) >= 11 is 0. The molecule has 1 aromatic heterocycles. The number of sulfonamides is 1. The van der Waals surface area contributed by atoms with Crippen molar-refractivity contribution in [2.24, 2.45) is 0 Å². The van der Waals surface area contributed by atoms with Crippen LogP contribution < -0.4 is 10.5 Å². The van der Waals surface area contributed by atoms with Crippen LogP contribution in [0, 0.1) is 10.1 Å². The molecule has 0 saturated heterocycles. The van der Waals surface area contributed by atoms with E-state index in [0.717, 1.165) is 6.20 Å². The molecule has 0 aliphatic heterocycles. The number of nitro groups is 1. The molecule has 0 spiro atoms. The van der Waals surface area contributed by atoms with E-state index >= 15 is 0 Å². The second kappa shape index (κ2) is 5.85. The number of nitrogens with zero attached hydrogens (tertiary/aromatic N) is 2. The molecule has 21 heavy (non-hydrogen) atoms. The van der Waals surface area contributed by atoms with Gasteiger partial charge in [-0.3, -0.25) is 15.1 Å². The van der Waals surface area contributed by atoms with Crippen molar-refractivity contribution in [3.8, 4) is 0 Å². The Balaban J connectivity index is 2.12. The first-order valence-corrected chi connectivity index (χ1v) is 7.31. The molecule has 1 aromatic carbocycles. The number of nitrogen functional groups attached to an aromatic ring is 1. The van der Waals surface area contributed by atoms with E-state index in [1.54, 1.807) is 0 Å². The Kier molecular flexibility index (Phi) is 4.15. The van der Waals surface area contributed by atoms with E-state index in [4.69, 9.17) is 5.73 Å². The smallest absolute Gasteiger partial charge is 0.269 e. The molecule has 0 amide bonds. The maximum Gasteiger partial charge on any atom is 0.269 e. The zero-order valence-corrected chi connectivity index (χ0v) is 11.6. The highest BCUT2D eigenvalue weighted by Gasteiger charge is 2.17. The minimum Gasteiger partial charge on any atom is -0.398 e. The van der Waals surface area contributed by atoms with Crippen molar-refractivity contribution in [2.75, 3.05) is 5.73 Å². The quantitative estimate of drug-likeness (QED) is 0.627. The third-order valence-corrected chi connectivity index (χ3v) is 4.16. The van der Waals surface area contributed by atoms with Crippen LogP contribution in [0.5, 0.6) is 0 Å². The highest BCUT2D eigenvalue weighted by molar-refractivity contribution is 7.89. The average Bonchev–Trinajstić information content (AvgIpc) is 2.46. The Morgan fingerprint density at radius 3 is 2.48 bits per heavy atom.